The molecule has 0 saturated heterocycles. The van der Waals surface area contributed by atoms with E-state index in [0.29, 0.717) is 4.83 Å². The van der Waals surface area contributed by atoms with Crippen LogP contribution in [-0.4, -0.2) is 4.83 Å². The van der Waals surface area contributed by atoms with Gasteiger partial charge in [0.05, 0.1) is 0 Å². The molecular weight excluding hydrogens is 244 g/mol. The van der Waals surface area contributed by atoms with Crippen LogP contribution in [-0.2, 0) is 0 Å². The van der Waals surface area contributed by atoms with Crippen molar-refractivity contribution in [2.75, 3.05) is 0 Å². The maximum absolute atomic E-state index is 3.66. The van der Waals surface area contributed by atoms with Gasteiger partial charge in [0.2, 0.25) is 0 Å². The molecule has 0 amide bonds. The summed E-state index contributed by atoms with van der Waals surface area (Å²) in [6.07, 6.45) is 2.38. The highest BCUT2D eigenvalue weighted by Gasteiger charge is 2.76. The molecule has 2 heteroatoms. The number of hydrogen-bond donors (Lipinski definition) is 0. The van der Waals surface area contributed by atoms with E-state index in [9.17, 15) is 0 Å². The van der Waals surface area contributed by atoms with Crippen LogP contribution in [0.4, 0.5) is 0 Å². The van der Waals surface area contributed by atoms with Gasteiger partial charge in [0.1, 0.15) is 0 Å². The highest BCUT2D eigenvalue weighted by Crippen LogP contribution is 2.79. The molecule has 2 fully saturated rings. The number of fused-ring (bicyclic) bond motifs is 1. The second-order valence-electron chi connectivity index (χ2n) is 3.26. The fraction of sp³-hybridized carbons (Fsp3) is 0.714. The second-order valence-corrected chi connectivity index (χ2v) is 5.16. The standard InChI is InChI=1S/C7H6Br2/c8-3-1-2-4-5(2)6(4)7(3)9/h1-2,4-7H/t2?,4-,5?,6?,7+/m1/s1. The largest absolute Gasteiger partial charge is 0.0830 e. The molecule has 0 aromatic carbocycles. The van der Waals surface area contributed by atoms with Gasteiger partial charge in [0, 0.05) is 9.31 Å². The Bertz CT molecular complexity index is 199. The van der Waals surface area contributed by atoms with Crippen LogP contribution in [0.25, 0.3) is 0 Å². The summed E-state index contributed by atoms with van der Waals surface area (Å²) in [5, 5.41) is 0. The van der Waals surface area contributed by atoms with E-state index in [2.05, 4.69) is 37.9 Å². The van der Waals surface area contributed by atoms with E-state index in [-0.39, 0.29) is 0 Å². The van der Waals surface area contributed by atoms with Crippen LogP contribution in [0.15, 0.2) is 10.6 Å². The Labute approximate surface area is 71.0 Å². The summed E-state index contributed by atoms with van der Waals surface area (Å²) in [6, 6.07) is 0. The average Bonchev–Trinajstić information content (AvgIpc) is 2.61. The van der Waals surface area contributed by atoms with E-state index >= 15 is 0 Å². The van der Waals surface area contributed by atoms with E-state index in [1.807, 2.05) is 0 Å². The van der Waals surface area contributed by atoms with E-state index < -0.39 is 0 Å². The van der Waals surface area contributed by atoms with E-state index in [4.69, 9.17) is 0 Å². The number of alkyl halides is 1. The van der Waals surface area contributed by atoms with Crippen molar-refractivity contribution < 1.29 is 0 Å². The Balaban J connectivity index is 2.04. The van der Waals surface area contributed by atoms with Crippen molar-refractivity contribution in [1.29, 1.82) is 0 Å². The van der Waals surface area contributed by atoms with Gasteiger partial charge in [0.25, 0.3) is 0 Å². The van der Waals surface area contributed by atoms with Crippen molar-refractivity contribution in [1.82, 2.24) is 0 Å². The third-order valence-electron chi connectivity index (χ3n) is 2.89. The molecule has 4 aliphatic carbocycles. The predicted molar refractivity (Wildman–Crippen MR) is 43.7 cm³/mol. The third-order valence-corrected chi connectivity index (χ3v) is 5.37. The highest BCUT2D eigenvalue weighted by molar-refractivity contribution is 9.14. The van der Waals surface area contributed by atoms with Gasteiger partial charge in [-0.3, -0.25) is 0 Å². The van der Waals surface area contributed by atoms with Crippen LogP contribution in [0.1, 0.15) is 0 Å². The van der Waals surface area contributed by atoms with Crippen molar-refractivity contribution in [2.45, 2.75) is 4.83 Å². The zero-order valence-electron chi connectivity index (χ0n) is 4.72. The topological polar surface area (TPSA) is 0 Å². The molecule has 0 aromatic rings. The minimum atomic E-state index is 0.664. The van der Waals surface area contributed by atoms with Crippen LogP contribution in [0.5, 0.6) is 0 Å². The Morgan fingerprint density at radius 1 is 1.22 bits per heavy atom. The molecule has 4 rings (SSSR count). The van der Waals surface area contributed by atoms with Crippen molar-refractivity contribution >= 4 is 31.9 Å². The summed E-state index contributed by atoms with van der Waals surface area (Å²) in [5.41, 5.74) is 0. The minimum Gasteiger partial charge on any atom is -0.0830 e. The molecule has 0 aromatic heterocycles. The number of rotatable bonds is 0. The summed E-state index contributed by atoms with van der Waals surface area (Å²) in [7, 11) is 0. The molecule has 3 unspecified atom stereocenters. The Kier molecular flexibility index (Phi) is 0.792. The van der Waals surface area contributed by atoms with Crippen LogP contribution < -0.4 is 0 Å². The van der Waals surface area contributed by atoms with Gasteiger partial charge in [-0.25, -0.2) is 0 Å². The first-order valence-corrected chi connectivity index (χ1v) is 5.03. The van der Waals surface area contributed by atoms with E-state index in [1.54, 1.807) is 0 Å². The lowest BCUT2D eigenvalue weighted by molar-refractivity contribution is 0.527. The summed E-state index contributed by atoms with van der Waals surface area (Å²) < 4.78 is 1.39. The molecule has 0 radical (unpaired) electrons. The monoisotopic (exact) mass is 248 g/mol. The molecule has 0 nitrogen and oxygen atoms in total. The normalized spacial score (nSPS) is 66.4. The average molecular weight is 250 g/mol. The molecule has 4 aliphatic rings. The van der Waals surface area contributed by atoms with Crippen LogP contribution in [0.3, 0.4) is 0 Å². The Hall–Kier alpha value is 0.700. The first-order chi connectivity index (χ1) is 4.30. The van der Waals surface area contributed by atoms with Gasteiger partial charge in [-0.2, -0.15) is 0 Å². The lowest BCUT2D eigenvalue weighted by Crippen LogP contribution is -2.17. The number of allylic oxidation sites excluding steroid dienone is 2. The van der Waals surface area contributed by atoms with Gasteiger partial charge in [-0.15, -0.1) is 0 Å². The molecule has 48 valence electrons. The van der Waals surface area contributed by atoms with Crippen molar-refractivity contribution in [2.24, 2.45) is 23.7 Å². The maximum atomic E-state index is 3.66. The molecule has 2 bridgehead atoms. The summed E-state index contributed by atoms with van der Waals surface area (Å²) in [6.45, 7) is 0. The molecule has 0 heterocycles. The molecular formula is C7H6Br2. The lowest BCUT2D eigenvalue weighted by atomic mass is 9.95. The van der Waals surface area contributed by atoms with E-state index in [0.717, 1.165) is 23.7 Å². The summed E-state index contributed by atoms with van der Waals surface area (Å²) >= 11 is 7.21. The van der Waals surface area contributed by atoms with Gasteiger partial charge < -0.3 is 0 Å². The Morgan fingerprint density at radius 3 is 2.33 bits per heavy atom. The van der Waals surface area contributed by atoms with Gasteiger partial charge in [-0.1, -0.05) is 37.9 Å². The summed E-state index contributed by atoms with van der Waals surface area (Å²) in [5.74, 6) is 4.18. The molecule has 0 N–H and O–H groups in total. The number of halogens is 2. The maximum Gasteiger partial charge on any atom is 0.0492 e. The minimum absolute atomic E-state index is 0.664. The molecule has 2 saturated carbocycles. The Morgan fingerprint density at radius 2 is 1.89 bits per heavy atom. The zero-order valence-corrected chi connectivity index (χ0v) is 7.89. The third kappa shape index (κ3) is 0.474. The second kappa shape index (κ2) is 1.33. The quantitative estimate of drug-likeness (QED) is 0.579. The molecule has 9 heavy (non-hydrogen) atoms. The van der Waals surface area contributed by atoms with Crippen LogP contribution in [0, 0.1) is 23.7 Å². The zero-order chi connectivity index (χ0) is 6.17. The number of hydrogen-bond acceptors (Lipinski definition) is 0. The van der Waals surface area contributed by atoms with Crippen molar-refractivity contribution in [3.05, 3.63) is 10.6 Å². The van der Waals surface area contributed by atoms with Crippen LogP contribution in [0.2, 0.25) is 0 Å². The first-order valence-electron chi connectivity index (χ1n) is 3.32. The fourth-order valence-electron chi connectivity index (χ4n) is 2.21. The van der Waals surface area contributed by atoms with Gasteiger partial charge in [0.15, 0.2) is 0 Å². The summed E-state index contributed by atoms with van der Waals surface area (Å²) in [4.78, 5) is 0.664. The molecule has 0 aliphatic heterocycles. The van der Waals surface area contributed by atoms with Crippen molar-refractivity contribution in [3.8, 4) is 0 Å². The SMILES string of the molecule is BrC1=CC2C3C([C@H]23)[C@H]1Br. The first kappa shape index (κ1) is 5.36. The molecule has 0 spiro atoms. The molecule has 5 atom stereocenters. The van der Waals surface area contributed by atoms with Gasteiger partial charge >= 0.3 is 0 Å². The van der Waals surface area contributed by atoms with Gasteiger partial charge in [-0.05, 0) is 23.7 Å². The van der Waals surface area contributed by atoms with Crippen molar-refractivity contribution in [3.63, 3.8) is 0 Å². The highest BCUT2D eigenvalue weighted by atomic mass is 79.9. The van der Waals surface area contributed by atoms with Crippen LogP contribution >= 0.6 is 31.9 Å². The smallest absolute Gasteiger partial charge is 0.0492 e. The lowest BCUT2D eigenvalue weighted by Gasteiger charge is -2.21. The fourth-order valence-corrected chi connectivity index (χ4v) is 3.68. The van der Waals surface area contributed by atoms with E-state index in [1.165, 1.54) is 4.48 Å². The predicted octanol–water partition coefficient (Wildman–Crippen LogP) is 2.53.